The van der Waals surface area contributed by atoms with E-state index in [2.05, 4.69) is 10.3 Å². The topological polar surface area (TPSA) is 109 Å². The fourth-order valence-corrected chi connectivity index (χ4v) is 7.37. The van der Waals surface area contributed by atoms with Crippen LogP contribution in [0.2, 0.25) is 0 Å². The second kappa shape index (κ2) is 10.2. The summed E-state index contributed by atoms with van der Waals surface area (Å²) < 4.78 is 19.1. The second-order valence-electron chi connectivity index (χ2n) is 9.01. The number of ether oxygens (including phenoxy) is 1. The number of aromatic nitrogens is 1. The number of benzene rings is 3. The summed E-state index contributed by atoms with van der Waals surface area (Å²) in [6, 6.07) is 21.2. The Morgan fingerprint density at radius 2 is 1.67 bits per heavy atom. The Hall–Kier alpha value is -4.22. The number of hydrogen-bond acceptors (Lipinski definition) is 7. The van der Waals surface area contributed by atoms with Crippen LogP contribution in [0.25, 0.3) is 0 Å². The predicted molar refractivity (Wildman–Crippen MR) is 146 cm³/mol. The summed E-state index contributed by atoms with van der Waals surface area (Å²) in [5, 5.41) is 2.57. The number of carbonyl (C=O) groups excluding carboxylic acids is 3. The molecule has 4 aromatic rings. The van der Waals surface area contributed by atoms with Crippen molar-refractivity contribution in [2.75, 3.05) is 16.8 Å². The van der Waals surface area contributed by atoms with Crippen molar-refractivity contribution in [2.24, 2.45) is 5.92 Å². The van der Waals surface area contributed by atoms with Gasteiger partial charge >= 0.3 is 4.87 Å². The summed E-state index contributed by atoms with van der Waals surface area (Å²) in [5.41, 5.74) is 1.69. The summed E-state index contributed by atoms with van der Waals surface area (Å²) in [7, 11) is 0. The second-order valence-corrected chi connectivity index (χ2v) is 11.2. The minimum Gasteiger partial charge on any atom is -0.484 e. The lowest BCUT2D eigenvalue weighted by Gasteiger charge is -2.29. The number of halogens is 1. The Bertz CT molecular complexity index is 1620. The molecule has 6 rings (SSSR count). The Labute approximate surface area is 229 Å². The van der Waals surface area contributed by atoms with Crippen molar-refractivity contribution in [3.8, 4) is 5.75 Å². The first-order valence-electron chi connectivity index (χ1n) is 12.0. The van der Waals surface area contributed by atoms with Gasteiger partial charge in [0, 0.05) is 16.5 Å². The highest BCUT2D eigenvalue weighted by molar-refractivity contribution is 8.00. The van der Waals surface area contributed by atoms with Crippen molar-refractivity contribution in [1.29, 1.82) is 0 Å². The van der Waals surface area contributed by atoms with Crippen LogP contribution in [0.15, 0.2) is 88.7 Å². The zero-order chi connectivity index (χ0) is 27.1. The maximum absolute atomic E-state index is 13.7. The number of H-pyrrole nitrogens is 1. The highest BCUT2D eigenvalue weighted by Crippen LogP contribution is 2.53. The molecule has 0 radical (unpaired) electrons. The van der Waals surface area contributed by atoms with Gasteiger partial charge in [-0.1, -0.05) is 53.4 Å². The molecule has 39 heavy (non-hydrogen) atoms. The molecule has 2 aliphatic rings. The summed E-state index contributed by atoms with van der Waals surface area (Å²) >= 11 is 2.19. The maximum Gasteiger partial charge on any atom is 0.305 e. The minimum absolute atomic E-state index is 0.192. The molecular weight excluding hydrogens is 541 g/mol. The summed E-state index contributed by atoms with van der Waals surface area (Å²) in [6.45, 7) is -0.192. The van der Waals surface area contributed by atoms with E-state index >= 15 is 0 Å². The molecule has 3 aromatic carbocycles. The van der Waals surface area contributed by atoms with Gasteiger partial charge in [-0.05, 0) is 54.1 Å². The molecule has 196 valence electrons. The monoisotopic (exact) mass is 561 g/mol. The van der Waals surface area contributed by atoms with Crippen molar-refractivity contribution in [3.05, 3.63) is 105 Å². The van der Waals surface area contributed by atoms with Crippen LogP contribution in [-0.4, -0.2) is 34.6 Å². The van der Waals surface area contributed by atoms with Crippen molar-refractivity contribution >= 4 is 52.2 Å². The number of fused-ring (bicyclic) bond motifs is 2. The number of imide groups is 1. The SMILES string of the molecule is O=C(COc1ccc([C@@H]2c3sc(=O)[nH]c3S[C@H]3C(=O)N(c4ccc(F)cc4)C(=O)[C@@H]23)cc1)Nc1ccccc1. The molecule has 3 amide bonds. The van der Waals surface area contributed by atoms with E-state index in [4.69, 9.17) is 4.74 Å². The fourth-order valence-electron chi connectivity index (χ4n) is 4.86. The first kappa shape index (κ1) is 25.1. The molecule has 1 fully saturated rings. The largest absolute Gasteiger partial charge is 0.484 e. The van der Waals surface area contributed by atoms with Gasteiger partial charge in [-0.2, -0.15) is 0 Å². The average molecular weight is 562 g/mol. The third kappa shape index (κ3) is 4.75. The van der Waals surface area contributed by atoms with Crippen molar-refractivity contribution < 1.29 is 23.5 Å². The van der Waals surface area contributed by atoms with Crippen LogP contribution < -0.4 is 19.8 Å². The standard InChI is InChI=1S/C28H20FN3O5S2/c29-16-8-10-18(11-9-16)32-26(34)22-21(23-25(31-28(36)39-23)38-24(22)27(32)35)15-6-12-19(13-7-15)37-14-20(33)30-17-4-2-1-3-5-17/h1-13,21-22,24H,14H2,(H,30,33)(H,31,36)/t21-,22-,24+/m0/s1. The van der Waals surface area contributed by atoms with Gasteiger partial charge in [-0.25, -0.2) is 9.29 Å². The van der Waals surface area contributed by atoms with Gasteiger partial charge in [0.05, 0.1) is 16.6 Å². The normalized spacial score (nSPS) is 19.9. The van der Waals surface area contributed by atoms with E-state index in [1.807, 2.05) is 18.2 Å². The zero-order valence-corrected chi connectivity index (χ0v) is 21.8. The summed E-state index contributed by atoms with van der Waals surface area (Å²) in [5.74, 6) is -2.44. The molecule has 0 spiro atoms. The molecule has 1 saturated heterocycles. The molecule has 0 saturated carbocycles. The molecule has 3 atom stereocenters. The van der Waals surface area contributed by atoms with Crippen LogP contribution in [0.3, 0.4) is 0 Å². The molecule has 0 aliphatic carbocycles. The van der Waals surface area contributed by atoms with Gasteiger partial charge in [0.25, 0.3) is 5.91 Å². The van der Waals surface area contributed by atoms with Crippen LogP contribution in [0.1, 0.15) is 16.4 Å². The number of aromatic amines is 1. The third-order valence-corrected chi connectivity index (χ3v) is 8.98. The van der Waals surface area contributed by atoms with E-state index in [-0.39, 0.29) is 17.4 Å². The molecule has 8 nitrogen and oxygen atoms in total. The summed E-state index contributed by atoms with van der Waals surface area (Å²) in [6.07, 6.45) is 0. The highest BCUT2D eigenvalue weighted by atomic mass is 32.2. The van der Waals surface area contributed by atoms with Crippen LogP contribution in [-0.2, 0) is 14.4 Å². The molecular formula is C28H20FN3O5S2. The number of carbonyl (C=O) groups is 3. The number of nitrogens with one attached hydrogen (secondary N) is 2. The Morgan fingerprint density at radius 1 is 0.949 bits per heavy atom. The van der Waals surface area contributed by atoms with E-state index < -0.39 is 34.7 Å². The number of rotatable bonds is 6. The molecule has 0 unspecified atom stereocenters. The predicted octanol–water partition coefficient (Wildman–Crippen LogP) is 4.39. The first-order chi connectivity index (χ1) is 18.9. The number of thioether (sulfide) groups is 1. The van der Waals surface area contributed by atoms with E-state index in [9.17, 15) is 23.6 Å². The van der Waals surface area contributed by atoms with Crippen LogP contribution in [0, 0.1) is 11.7 Å². The van der Waals surface area contributed by atoms with E-state index in [1.165, 1.54) is 36.0 Å². The first-order valence-corrected chi connectivity index (χ1v) is 13.7. The molecule has 2 aliphatic heterocycles. The smallest absolute Gasteiger partial charge is 0.305 e. The minimum atomic E-state index is -0.755. The van der Waals surface area contributed by atoms with Gasteiger partial charge in [0.2, 0.25) is 11.8 Å². The number of para-hydroxylation sites is 1. The Kier molecular flexibility index (Phi) is 6.53. The molecule has 1 aromatic heterocycles. The molecule has 11 heteroatoms. The van der Waals surface area contributed by atoms with E-state index in [1.54, 1.807) is 36.4 Å². The van der Waals surface area contributed by atoms with Gasteiger partial charge < -0.3 is 15.0 Å². The van der Waals surface area contributed by atoms with Crippen molar-refractivity contribution in [3.63, 3.8) is 0 Å². The lowest BCUT2D eigenvalue weighted by molar-refractivity contribution is -0.122. The highest BCUT2D eigenvalue weighted by Gasteiger charge is 2.56. The quantitative estimate of drug-likeness (QED) is 0.338. The summed E-state index contributed by atoms with van der Waals surface area (Å²) in [4.78, 5) is 55.9. The van der Waals surface area contributed by atoms with Crippen LogP contribution in [0.5, 0.6) is 5.75 Å². The van der Waals surface area contributed by atoms with Crippen molar-refractivity contribution in [2.45, 2.75) is 16.2 Å². The maximum atomic E-state index is 13.7. The van der Waals surface area contributed by atoms with Crippen molar-refractivity contribution in [1.82, 2.24) is 4.98 Å². The molecule has 3 heterocycles. The van der Waals surface area contributed by atoms with Crippen LogP contribution >= 0.6 is 23.1 Å². The average Bonchev–Trinajstić information content (AvgIpc) is 3.43. The molecule has 2 N–H and O–H groups in total. The lowest BCUT2D eigenvalue weighted by Crippen LogP contribution is -2.32. The number of anilines is 2. The van der Waals surface area contributed by atoms with Gasteiger partial charge in [-0.15, -0.1) is 0 Å². The van der Waals surface area contributed by atoms with E-state index in [0.29, 0.717) is 27.0 Å². The molecule has 0 bridgehead atoms. The lowest BCUT2D eigenvalue weighted by atomic mass is 9.83. The Balaban J connectivity index is 1.25. The Morgan fingerprint density at radius 3 is 2.38 bits per heavy atom. The fraction of sp³-hybridized carbons (Fsp3) is 0.143. The van der Waals surface area contributed by atoms with Crippen LogP contribution in [0.4, 0.5) is 15.8 Å². The van der Waals surface area contributed by atoms with Gasteiger partial charge in [0.1, 0.15) is 16.8 Å². The number of hydrogen-bond donors (Lipinski definition) is 2. The van der Waals surface area contributed by atoms with Gasteiger partial charge in [0.15, 0.2) is 6.61 Å². The third-order valence-electron chi connectivity index (χ3n) is 6.58. The van der Waals surface area contributed by atoms with Gasteiger partial charge in [-0.3, -0.25) is 19.2 Å². The number of thiazole rings is 1. The number of nitrogens with zero attached hydrogens (tertiary/aromatic N) is 1. The number of amides is 3. The van der Waals surface area contributed by atoms with E-state index in [0.717, 1.165) is 21.8 Å². The zero-order valence-electron chi connectivity index (χ0n) is 20.1.